The summed E-state index contributed by atoms with van der Waals surface area (Å²) in [6.45, 7) is 3.68. The first-order valence-electron chi connectivity index (χ1n) is 6.48. The largest absolute Gasteiger partial charge is 0.421 e. The van der Waals surface area contributed by atoms with Crippen LogP contribution < -0.4 is 4.13 Å². The Morgan fingerprint density at radius 2 is 1.52 bits per heavy atom. The van der Waals surface area contributed by atoms with E-state index in [2.05, 4.69) is 0 Å². The molecule has 0 heterocycles. The minimum atomic E-state index is -6.21. The molecule has 0 saturated heterocycles. The van der Waals surface area contributed by atoms with E-state index in [1.807, 2.05) is 0 Å². The molecule has 0 aliphatic carbocycles. The predicted molar refractivity (Wildman–Crippen MR) is 75.2 cm³/mol. The van der Waals surface area contributed by atoms with E-state index in [0.29, 0.717) is 17.2 Å². The Bertz CT molecular complexity index is 590. The lowest BCUT2D eigenvalue weighted by atomic mass is 10.1. The second kappa shape index (κ2) is 7.59. The molecule has 0 fully saturated rings. The van der Waals surface area contributed by atoms with Crippen molar-refractivity contribution in [2.45, 2.75) is 37.5 Å². The zero-order chi connectivity index (χ0) is 18.7. The average molecular weight is 388 g/mol. The van der Waals surface area contributed by atoms with Crippen LogP contribution in [0.25, 0.3) is 0 Å². The van der Waals surface area contributed by atoms with Gasteiger partial charge < -0.3 is 10.0 Å². The third kappa shape index (κ3) is 6.14. The predicted octanol–water partition coefficient (Wildman–Crippen LogP) is 0.186. The van der Waals surface area contributed by atoms with Gasteiger partial charge in [0, 0.05) is 13.0 Å². The minimum Gasteiger partial charge on any atom is -0.392 e. The molecule has 0 radical (unpaired) electrons. The number of alkyl halides is 4. The van der Waals surface area contributed by atoms with E-state index in [-0.39, 0.29) is 12.8 Å². The van der Waals surface area contributed by atoms with Crippen LogP contribution in [-0.2, 0) is 20.0 Å². The number of halogens is 4. The molecule has 0 aliphatic heterocycles. The van der Waals surface area contributed by atoms with Crippen LogP contribution in [0.5, 0.6) is 0 Å². The maximum absolute atomic E-state index is 13.6. The summed E-state index contributed by atoms with van der Waals surface area (Å²) in [4.78, 5) is 1.47. The summed E-state index contributed by atoms with van der Waals surface area (Å²) in [5, 5.41) is 3.78. The lowest BCUT2D eigenvalue weighted by Crippen LogP contribution is -2.54. The summed E-state index contributed by atoms with van der Waals surface area (Å²) < 4.78 is 98.9. The van der Waals surface area contributed by atoms with Gasteiger partial charge in [0.1, 0.15) is 0 Å². The fourth-order valence-electron chi connectivity index (χ4n) is 1.71. The Labute approximate surface area is 132 Å². The van der Waals surface area contributed by atoms with Crippen LogP contribution in [-0.4, -0.2) is 70.0 Å². The highest BCUT2D eigenvalue weighted by atomic mass is 32.3. The van der Waals surface area contributed by atoms with Gasteiger partial charge in [0.25, 0.3) is 10.0 Å². The Morgan fingerprint density at radius 3 is 1.87 bits per heavy atom. The van der Waals surface area contributed by atoms with Crippen molar-refractivity contribution in [2.75, 3.05) is 25.9 Å². The van der Waals surface area contributed by atoms with Gasteiger partial charge in [0.2, 0.25) is 10.0 Å². The van der Waals surface area contributed by atoms with Crippen molar-refractivity contribution in [3.63, 3.8) is 0 Å². The Balaban J connectivity index is 5.31. The van der Waals surface area contributed by atoms with E-state index in [9.17, 15) is 39.5 Å². The van der Waals surface area contributed by atoms with Crippen molar-refractivity contribution in [3.8, 4) is 0 Å². The molecule has 0 aromatic heterocycles. The van der Waals surface area contributed by atoms with Crippen molar-refractivity contribution < 1.29 is 39.5 Å². The molecule has 7 nitrogen and oxygen atoms in total. The number of rotatable bonds is 10. The van der Waals surface area contributed by atoms with Crippen LogP contribution in [0, 0.1) is 0 Å². The van der Waals surface area contributed by atoms with Gasteiger partial charge in [-0.25, -0.2) is 16.8 Å². The summed E-state index contributed by atoms with van der Waals surface area (Å²) >= 11 is 0. The fourth-order valence-corrected chi connectivity index (χ4v) is 4.20. The number of nitrogens with zero attached hydrogens (tertiary/aromatic N) is 1. The second-order valence-corrected chi connectivity index (χ2v) is 8.65. The van der Waals surface area contributed by atoms with Crippen LogP contribution in [0.2, 0.25) is 0 Å². The molecule has 0 aliphatic rings. The normalized spacial score (nSPS) is 15.9. The maximum atomic E-state index is 13.6. The Morgan fingerprint density at radius 1 is 1.09 bits per heavy atom. The number of hydrogen-bond acceptors (Lipinski definition) is 6. The third-order valence-electron chi connectivity index (χ3n) is 2.88. The molecule has 0 rings (SSSR count). The Hall–Kier alpha value is -0.500. The molecule has 140 valence electrons. The molecular weight excluding hydrogens is 368 g/mol. The molecular formula is C10H20F4N2O5S2. The van der Waals surface area contributed by atoms with Crippen LogP contribution in [0.3, 0.4) is 0 Å². The van der Waals surface area contributed by atoms with E-state index >= 15 is 0 Å². The van der Waals surface area contributed by atoms with Gasteiger partial charge in [-0.1, -0.05) is 13.8 Å². The van der Waals surface area contributed by atoms with Gasteiger partial charge in [-0.2, -0.15) is 17.6 Å². The molecule has 0 amide bonds. The molecule has 0 saturated carbocycles. The number of aliphatic hydroxyl groups excluding tert-OH is 1. The van der Waals surface area contributed by atoms with Crippen molar-refractivity contribution in [1.82, 2.24) is 9.03 Å². The van der Waals surface area contributed by atoms with Gasteiger partial charge in [0.15, 0.2) is 0 Å². The summed E-state index contributed by atoms with van der Waals surface area (Å²) in [5.41, 5.74) is 0. The minimum absolute atomic E-state index is 0.230. The molecule has 1 atom stereocenters. The SMILES string of the molecule is CCN(CC)CC(O)CC(F)(F)C(F)(F)S(=O)(=O)NS(C)(=O)=O. The van der Waals surface area contributed by atoms with Gasteiger partial charge in [-0.15, -0.1) is 4.13 Å². The van der Waals surface area contributed by atoms with Crippen LogP contribution in [0.15, 0.2) is 0 Å². The van der Waals surface area contributed by atoms with E-state index < -0.39 is 43.7 Å². The number of sulfonamides is 2. The van der Waals surface area contributed by atoms with Crippen molar-refractivity contribution in [3.05, 3.63) is 0 Å². The topological polar surface area (TPSA) is 104 Å². The highest BCUT2D eigenvalue weighted by Crippen LogP contribution is 2.41. The maximum Gasteiger partial charge on any atom is 0.421 e. The average Bonchev–Trinajstić information content (AvgIpc) is 2.31. The van der Waals surface area contributed by atoms with Crippen LogP contribution in [0.1, 0.15) is 20.3 Å². The monoisotopic (exact) mass is 388 g/mol. The smallest absolute Gasteiger partial charge is 0.392 e. The van der Waals surface area contributed by atoms with Gasteiger partial charge in [-0.05, 0) is 13.1 Å². The third-order valence-corrected chi connectivity index (χ3v) is 5.94. The first kappa shape index (κ1) is 22.5. The van der Waals surface area contributed by atoms with Crippen molar-refractivity contribution in [2.24, 2.45) is 0 Å². The Kier molecular flexibility index (Phi) is 7.43. The lowest BCUT2D eigenvalue weighted by Gasteiger charge is -2.29. The van der Waals surface area contributed by atoms with Gasteiger partial charge in [0.05, 0.1) is 12.4 Å². The number of aliphatic hydroxyl groups is 1. The van der Waals surface area contributed by atoms with E-state index in [1.54, 1.807) is 13.8 Å². The summed E-state index contributed by atoms with van der Waals surface area (Å²) in [6, 6.07) is 0. The molecule has 0 bridgehead atoms. The molecule has 0 aromatic carbocycles. The number of hydrogen-bond donors (Lipinski definition) is 2. The fraction of sp³-hybridized carbons (Fsp3) is 1.00. The van der Waals surface area contributed by atoms with Crippen molar-refractivity contribution in [1.29, 1.82) is 0 Å². The highest BCUT2D eigenvalue weighted by Gasteiger charge is 2.66. The number of likely N-dealkylation sites (N-methyl/N-ethyl adjacent to an activating group) is 1. The quantitative estimate of drug-likeness (QED) is 0.518. The molecule has 2 N–H and O–H groups in total. The zero-order valence-electron chi connectivity index (χ0n) is 12.8. The van der Waals surface area contributed by atoms with E-state index in [1.165, 1.54) is 4.90 Å². The molecule has 23 heavy (non-hydrogen) atoms. The van der Waals surface area contributed by atoms with Gasteiger partial charge >= 0.3 is 11.2 Å². The lowest BCUT2D eigenvalue weighted by molar-refractivity contribution is -0.175. The van der Waals surface area contributed by atoms with Crippen LogP contribution in [0.4, 0.5) is 17.6 Å². The van der Waals surface area contributed by atoms with Crippen molar-refractivity contribution >= 4 is 20.0 Å². The van der Waals surface area contributed by atoms with E-state index in [4.69, 9.17) is 0 Å². The molecule has 0 aromatic rings. The number of nitrogens with one attached hydrogen (secondary N) is 1. The molecule has 0 spiro atoms. The second-order valence-electron chi connectivity index (χ2n) is 4.92. The van der Waals surface area contributed by atoms with Crippen LogP contribution >= 0.6 is 0 Å². The van der Waals surface area contributed by atoms with E-state index in [0.717, 1.165) is 0 Å². The highest BCUT2D eigenvalue weighted by molar-refractivity contribution is 8.04. The first-order valence-corrected chi connectivity index (χ1v) is 9.86. The molecule has 1 unspecified atom stereocenters. The summed E-state index contributed by atoms with van der Waals surface area (Å²) in [7, 11) is -10.9. The van der Waals surface area contributed by atoms with Gasteiger partial charge in [-0.3, -0.25) is 0 Å². The first-order chi connectivity index (χ1) is 10.1. The standard InChI is InChI=1S/C10H20F4N2O5S2/c1-4-16(5-2)7-8(17)6-9(11,12)10(13,14)23(20,21)15-22(3,18)19/h8,15,17H,4-7H2,1-3H3. The zero-order valence-corrected chi connectivity index (χ0v) is 14.4. The summed E-state index contributed by atoms with van der Waals surface area (Å²) in [5.74, 6) is -5.17. The summed E-state index contributed by atoms with van der Waals surface area (Å²) in [6.07, 6.45) is -3.54. The molecule has 13 heteroatoms.